The Kier molecular flexibility index (Phi) is 6.40. The number of fused-ring (bicyclic) bond motifs is 1. The maximum absolute atomic E-state index is 12.4. The summed E-state index contributed by atoms with van der Waals surface area (Å²) in [5.74, 6) is 1.97. The predicted octanol–water partition coefficient (Wildman–Crippen LogP) is 2.55. The monoisotopic (exact) mass is 462 g/mol. The molecule has 4 rings (SSSR count). The molecule has 3 N–H and O–H groups in total. The fraction of sp³-hybridized carbons (Fsp3) is 0.250. The number of halogens is 1. The molecule has 11 heteroatoms. The molecule has 0 radical (unpaired) electrons. The highest BCUT2D eigenvalue weighted by Gasteiger charge is 2.16. The summed E-state index contributed by atoms with van der Waals surface area (Å²) in [7, 11) is 0. The van der Waals surface area contributed by atoms with Crippen LogP contribution in [0.5, 0.6) is 17.2 Å². The van der Waals surface area contributed by atoms with Crippen LogP contribution in [-0.2, 0) is 11.3 Å². The molecule has 1 amide bonds. The first-order chi connectivity index (χ1) is 15.0. The number of aromatic nitrogens is 3. The Hall–Kier alpha value is -3.08. The molecule has 0 saturated heterocycles. The number of amides is 1. The van der Waals surface area contributed by atoms with E-state index in [1.807, 2.05) is 0 Å². The summed E-state index contributed by atoms with van der Waals surface area (Å²) in [5.41, 5.74) is 0.765. The van der Waals surface area contributed by atoms with E-state index in [9.17, 15) is 9.90 Å². The minimum absolute atomic E-state index is 0.00108. The Morgan fingerprint density at radius 1 is 1.29 bits per heavy atom. The molecule has 31 heavy (non-hydrogen) atoms. The van der Waals surface area contributed by atoms with Crippen LogP contribution in [0.3, 0.4) is 0 Å². The third-order valence-corrected chi connectivity index (χ3v) is 5.05. The van der Waals surface area contributed by atoms with Gasteiger partial charge in [0.15, 0.2) is 22.1 Å². The third kappa shape index (κ3) is 5.16. The van der Waals surface area contributed by atoms with Gasteiger partial charge in [-0.25, -0.2) is 0 Å². The van der Waals surface area contributed by atoms with Crippen molar-refractivity contribution in [3.05, 3.63) is 52.3 Å². The molecule has 1 unspecified atom stereocenters. The number of hydrogen-bond acceptors (Lipinski definition) is 7. The highest BCUT2D eigenvalue weighted by molar-refractivity contribution is 7.71. The van der Waals surface area contributed by atoms with Crippen LogP contribution >= 0.6 is 23.8 Å². The van der Waals surface area contributed by atoms with Crippen molar-refractivity contribution in [3.63, 3.8) is 0 Å². The smallest absolute Gasteiger partial charge is 0.240 e. The first-order valence-corrected chi connectivity index (χ1v) is 10.2. The molecular weight excluding hydrogens is 444 g/mol. The molecule has 1 aliphatic rings. The van der Waals surface area contributed by atoms with E-state index in [-0.39, 0.29) is 32.4 Å². The van der Waals surface area contributed by atoms with Crippen LogP contribution < -0.4 is 19.5 Å². The lowest BCUT2D eigenvalue weighted by Crippen LogP contribution is -2.37. The van der Waals surface area contributed by atoms with Crippen LogP contribution in [0.1, 0.15) is 0 Å². The van der Waals surface area contributed by atoms with E-state index < -0.39 is 6.10 Å². The minimum atomic E-state index is -0.901. The molecule has 0 bridgehead atoms. The standard InChI is InChI=1S/C20H19ClN4O5S/c21-13-3-1-12(2-4-13)19-23-24-20(31)25(19)9-18(27)22-8-14(26)10-28-15-5-6-16-17(7-15)30-11-29-16/h1-7,14,26H,8-11H2,(H,22,27)(H,24,31). The SMILES string of the molecule is O=C(Cn1c(-c2ccc(Cl)cc2)n[nH]c1=S)NCC(O)COc1ccc2c(c1)OCO2. The summed E-state index contributed by atoms with van der Waals surface area (Å²) in [6.45, 7) is 0.142. The highest BCUT2D eigenvalue weighted by atomic mass is 35.5. The summed E-state index contributed by atoms with van der Waals surface area (Å²) >= 11 is 11.2. The van der Waals surface area contributed by atoms with Crippen molar-refractivity contribution in [2.24, 2.45) is 0 Å². The summed E-state index contributed by atoms with van der Waals surface area (Å²) in [5, 5.41) is 20.3. The largest absolute Gasteiger partial charge is 0.491 e. The van der Waals surface area contributed by atoms with Gasteiger partial charge >= 0.3 is 0 Å². The first-order valence-electron chi connectivity index (χ1n) is 9.38. The topological polar surface area (TPSA) is 111 Å². The number of aliphatic hydroxyl groups is 1. The summed E-state index contributed by atoms with van der Waals surface area (Å²) in [4.78, 5) is 12.4. The quantitative estimate of drug-likeness (QED) is 0.441. The Morgan fingerprint density at radius 2 is 2.06 bits per heavy atom. The minimum Gasteiger partial charge on any atom is -0.491 e. The number of carbonyl (C=O) groups excluding carboxylic acids is 1. The normalized spacial score (nSPS) is 13.1. The Labute approximate surface area is 187 Å². The van der Waals surface area contributed by atoms with Crippen molar-refractivity contribution >= 4 is 29.7 Å². The van der Waals surface area contributed by atoms with Crippen LogP contribution in [0, 0.1) is 4.77 Å². The second-order valence-corrected chi connectivity index (χ2v) is 7.55. The zero-order valence-electron chi connectivity index (χ0n) is 16.2. The van der Waals surface area contributed by atoms with Crippen molar-refractivity contribution in [1.82, 2.24) is 20.1 Å². The van der Waals surface area contributed by atoms with Crippen molar-refractivity contribution in [2.45, 2.75) is 12.6 Å². The molecule has 1 atom stereocenters. The van der Waals surface area contributed by atoms with E-state index in [0.29, 0.717) is 32.9 Å². The number of aromatic amines is 1. The zero-order valence-corrected chi connectivity index (χ0v) is 17.8. The maximum Gasteiger partial charge on any atom is 0.240 e. The number of carbonyl (C=O) groups is 1. The van der Waals surface area contributed by atoms with Gasteiger partial charge in [0, 0.05) is 23.2 Å². The molecule has 0 aliphatic carbocycles. The Balaban J connectivity index is 1.29. The molecule has 0 saturated carbocycles. The van der Waals surface area contributed by atoms with E-state index in [2.05, 4.69) is 15.5 Å². The number of nitrogens with zero attached hydrogens (tertiary/aromatic N) is 2. The van der Waals surface area contributed by atoms with E-state index >= 15 is 0 Å². The van der Waals surface area contributed by atoms with E-state index in [1.54, 1.807) is 47.0 Å². The van der Waals surface area contributed by atoms with Crippen LogP contribution in [-0.4, -0.2) is 51.8 Å². The lowest BCUT2D eigenvalue weighted by Gasteiger charge is -2.14. The molecule has 0 fully saturated rings. The highest BCUT2D eigenvalue weighted by Crippen LogP contribution is 2.35. The van der Waals surface area contributed by atoms with Gasteiger partial charge in [0.1, 0.15) is 25.0 Å². The number of H-pyrrole nitrogens is 1. The second kappa shape index (κ2) is 9.38. The Morgan fingerprint density at radius 3 is 2.87 bits per heavy atom. The lowest BCUT2D eigenvalue weighted by molar-refractivity contribution is -0.122. The average Bonchev–Trinajstić information content (AvgIpc) is 3.38. The summed E-state index contributed by atoms with van der Waals surface area (Å²) in [6.07, 6.45) is -0.901. The van der Waals surface area contributed by atoms with Crippen LogP contribution in [0.4, 0.5) is 0 Å². The number of nitrogens with one attached hydrogen (secondary N) is 2. The fourth-order valence-electron chi connectivity index (χ4n) is 2.93. The number of aliphatic hydroxyl groups excluding tert-OH is 1. The van der Waals surface area contributed by atoms with Crippen molar-refractivity contribution in [2.75, 3.05) is 19.9 Å². The summed E-state index contributed by atoms with van der Waals surface area (Å²) in [6, 6.07) is 12.2. The fourth-order valence-corrected chi connectivity index (χ4v) is 3.26. The third-order valence-electron chi connectivity index (χ3n) is 4.48. The molecule has 162 valence electrons. The van der Waals surface area contributed by atoms with Crippen LogP contribution in [0.2, 0.25) is 5.02 Å². The molecule has 2 aromatic carbocycles. The van der Waals surface area contributed by atoms with E-state index in [1.165, 1.54) is 0 Å². The molecule has 9 nitrogen and oxygen atoms in total. The van der Waals surface area contributed by atoms with Crippen molar-refractivity contribution in [1.29, 1.82) is 0 Å². The van der Waals surface area contributed by atoms with Gasteiger partial charge in [0.25, 0.3) is 0 Å². The van der Waals surface area contributed by atoms with Gasteiger partial charge in [-0.15, -0.1) is 0 Å². The molecule has 3 aromatic rings. The van der Waals surface area contributed by atoms with Gasteiger partial charge in [0.05, 0.1) is 0 Å². The number of benzene rings is 2. The Bertz CT molecular complexity index is 1130. The van der Waals surface area contributed by atoms with Gasteiger partial charge < -0.3 is 24.6 Å². The summed E-state index contributed by atoms with van der Waals surface area (Å²) < 4.78 is 18.0. The van der Waals surface area contributed by atoms with Crippen molar-refractivity contribution in [3.8, 4) is 28.6 Å². The molecule has 1 aromatic heterocycles. The molecule has 2 heterocycles. The molecular formula is C20H19ClN4O5S. The first kappa shape index (κ1) is 21.2. The van der Waals surface area contributed by atoms with Gasteiger partial charge in [-0.3, -0.25) is 14.5 Å². The van der Waals surface area contributed by atoms with Gasteiger partial charge in [-0.05, 0) is 48.6 Å². The predicted molar refractivity (Wildman–Crippen MR) is 115 cm³/mol. The van der Waals surface area contributed by atoms with Gasteiger partial charge in [0.2, 0.25) is 12.7 Å². The van der Waals surface area contributed by atoms with Crippen LogP contribution in [0.25, 0.3) is 11.4 Å². The van der Waals surface area contributed by atoms with Crippen molar-refractivity contribution < 1.29 is 24.1 Å². The number of hydrogen-bond donors (Lipinski definition) is 3. The zero-order chi connectivity index (χ0) is 21.8. The van der Waals surface area contributed by atoms with Gasteiger partial charge in [-0.1, -0.05) is 11.6 Å². The molecule has 0 spiro atoms. The number of ether oxygens (including phenoxy) is 3. The second-order valence-electron chi connectivity index (χ2n) is 6.73. The maximum atomic E-state index is 12.4. The van der Waals surface area contributed by atoms with E-state index in [4.69, 9.17) is 38.0 Å². The van der Waals surface area contributed by atoms with Gasteiger partial charge in [-0.2, -0.15) is 5.10 Å². The van der Waals surface area contributed by atoms with Crippen LogP contribution in [0.15, 0.2) is 42.5 Å². The average molecular weight is 463 g/mol. The molecule has 1 aliphatic heterocycles. The van der Waals surface area contributed by atoms with E-state index in [0.717, 1.165) is 5.56 Å². The number of rotatable bonds is 8. The lowest BCUT2D eigenvalue weighted by atomic mass is 10.2.